The van der Waals surface area contributed by atoms with Gasteiger partial charge in [-0.1, -0.05) is 30.3 Å². The number of nitrogens with one attached hydrogen (secondary N) is 1. The van der Waals surface area contributed by atoms with Crippen LogP contribution >= 0.6 is 23.7 Å². The molecule has 0 saturated carbocycles. The van der Waals surface area contributed by atoms with Crippen LogP contribution in [0.25, 0.3) is 21.5 Å². The molecule has 2 fully saturated rings. The number of rotatable bonds is 5. The highest BCUT2D eigenvalue weighted by Gasteiger charge is 2.27. The molecule has 4 heterocycles. The van der Waals surface area contributed by atoms with Crippen LogP contribution in [0.1, 0.15) is 25.7 Å². The largest absolute Gasteiger partial charge is 0.376 e. The van der Waals surface area contributed by atoms with Crippen LogP contribution in [-0.4, -0.2) is 43.2 Å². The van der Waals surface area contributed by atoms with E-state index >= 15 is 0 Å². The standard InChI is InChI=1S/C24H27N3O2S.ClH/c28-24(25-16-19-7-4-13-29-19)18-8-11-27(12-9-18)22-15-21(17-5-2-1-3-6-17)26-20-10-14-30-23(20)22;/h1-3,5-6,10,14-15,18-19H,4,7-9,11-13,16H2,(H,25,28);1H. The number of carbonyl (C=O) groups is 1. The summed E-state index contributed by atoms with van der Waals surface area (Å²) in [5.41, 5.74) is 4.43. The van der Waals surface area contributed by atoms with E-state index in [1.54, 1.807) is 11.3 Å². The highest BCUT2D eigenvalue weighted by Crippen LogP contribution is 2.36. The van der Waals surface area contributed by atoms with Crippen molar-refractivity contribution in [3.63, 3.8) is 0 Å². The number of benzene rings is 1. The number of nitrogens with zero attached hydrogens (tertiary/aromatic N) is 2. The third-order valence-electron chi connectivity index (χ3n) is 6.20. The number of thiophene rings is 1. The fourth-order valence-electron chi connectivity index (χ4n) is 4.48. The van der Waals surface area contributed by atoms with Crippen LogP contribution in [0.2, 0.25) is 0 Å². The van der Waals surface area contributed by atoms with Crippen molar-refractivity contribution in [3.05, 3.63) is 47.8 Å². The fourth-order valence-corrected chi connectivity index (χ4v) is 5.35. The first-order chi connectivity index (χ1) is 14.8. The summed E-state index contributed by atoms with van der Waals surface area (Å²) in [7, 11) is 0. The number of halogens is 1. The predicted molar refractivity (Wildman–Crippen MR) is 129 cm³/mol. The lowest BCUT2D eigenvalue weighted by molar-refractivity contribution is -0.126. The fraction of sp³-hybridized carbons (Fsp3) is 0.417. The monoisotopic (exact) mass is 457 g/mol. The Labute approximate surface area is 193 Å². The molecule has 1 N–H and O–H groups in total. The van der Waals surface area contributed by atoms with Gasteiger partial charge in [-0.25, -0.2) is 4.98 Å². The number of ether oxygens (including phenoxy) is 1. The van der Waals surface area contributed by atoms with Crippen molar-refractivity contribution in [1.29, 1.82) is 0 Å². The second-order valence-electron chi connectivity index (χ2n) is 8.17. The molecule has 0 aliphatic carbocycles. The van der Waals surface area contributed by atoms with Crippen LogP contribution in [0.3, 0.4) is 0 Å². The van der Waals surface area contributed by atoms with Gasteiger partial charge in [-0.05, 0) is 43.2 Å². The normalized spacial score (nSPS) is 19.4. The molecule has 7 heteroatoms. The molecule has 2 saturated heterocycles. The zero-order chi connectivity index (χ0) is 20.3. The number of aromatic nitrogens is 1. The first kappa shape index (κ1) is 22.1. The van der Waals surface area contributed by atoms with E-state index in [0.29, 0.717) is 6.54 Å². The van der Waals surface area contributed by atoms with Crippen molar-refractivity contribution in [2.45, 2.75) is 31.8 Å². The van der Waals surface area contributed by atoms with Gasteiger partial charge < -0.3 is 15.0 Å². The highest BCUT2D eigenvalue weighted by molar-refractivity contribution is 7.17. The van der Waals surface area contributed by atoms with Crippen LogP contribution in [-0.2, 0) is 9.53 Å². The molecule has 2 aliphatic rings. The van der Waals surface area contributed by atoms with Gasteiger partial charge in [0.05, 0.1) is 27.7 Å². The van der Waals surface area contributed by atoms with E-state index < -0.39 is 0 Å². The lowest BCUT2D eigenvalue weighted by atomic mass is 9.95. The van der Waals surface area contributed by atoms with E-state index in [9.17, 15) is 4.79 Å². The molecule has 5 rings (SSSR count). The average molecular weight is 458 g/mol. The molecule has 164 valence electrons. The minimum atomic E-state index is 0. The molecule has 2 aromatic heterocycles. The Morgan fingerprint density at radius 2 is 1.97 bits per heavy atom. The second-order valence-corrected chi connectivity index (χ2v) is 9.09. The van der Waals surface area contributed by atoms with Gasteiger partial charge in [0.2, 0.25) is 5.91 Å². The number of piperidine rings is 1. The van der Waals surface area contributed by atoms with Gasteiger partial charge in [-0.15, -0.1) is 23.7 Å². The topological polar surface area (TPSA) is 54.5 Å². The van der Waals surface area contributed by atoms with E-state index in [-0.39, 0.29) is 30.3 Å². The van der Waals surface area contributed by atoms with E-state index in [1.807, 2.05) is 6.07 Å². The van der Waals surface area contributed by atoms with Crippen LogP contribution in [0.5, 0.6) is 0 Å². The van der Waals surface area contributed by atoms with Gasteiger partial charge in [-0.2, -0.15) is 0 Å². The minimum Gasteiger partial charge on any atom is -0.376 e. The van der Waals surface area contributed by atoms with Crippen molar-refractivity contribution in [2.24, 2.45) is 5.92 Å². The molecule has 0 spiro atoms. The highest BCUT2D eigenvalue weighted by atomic mass is 35.5. The summed E-state index contributed by atoms with van der Waals surface area (Å²) < 4.78 is 6.85. The lowest BCUT2D eigenvalue weighted by Gasteiger charge is -2.33. The third-order valence-corrected chi connectivity index (χ3v) is 7.12. The molecular weight excluding hydrogens is 430 g/mol. The molecule has 0 bridgehead atoms. The molecule has 1 atom stereocenters. The van der Waals surface area contributed by atoms with Gasteiger partial charge >= 0.3 is 0 Å². The van der Waals surface area contributed by atoms with Crippen LogP contribution in [0, 0.1) is 5.92 Å². The molecule has 1 unspecified atom stereocenters. The summed E-state index contributed by atoms with van der Waals surface area (Å²) in [4.78, 5) is 19.9. The molecule has 1 amide bonds. The molecule has 1 aromatic carbocycles. The van der Waals surface area contributed by atoms with Gasteiger partial charge in [0.1, 0.15) is 0 Å². The van der Waals surface area contributed by atoms with Crippen LogP contribution < -0.4 is 10.2 Å². The zero-order valence-electron chi connectivity index (χ0n) is 17.5. The first-order valence-corrected chi connectivity index (χ1v) is 11.7. The summed E-state index contributed by atoms with van der Waals surface area (Å²) in [6, 6.07) is 14.7. The molecule has 5 nitrogen and oxygen atoms in total. The Morgan fingerprint density at radius 3 is 2.71 bits per heavy atom. The van der Waals surface area contributed by atoms with E-state index in [1.165, 1.54) is 10.4 Å². The Morgan fingerprint density at radius 1 is 1.16 bits per heavy atom. The summed E-state index contributed by atoms with van der Waals surface area (Å²) in [5, 5.41) is 5.23. The maximum Gasteiger partial charge on any atom is 0.223 e. The van der Waals surface area contributed by atoms with Crippen molar-refractivity contribution in [2.75, 3.05) is 31.1 Å². The average Bonchev–Trinajstić information content (AvgIpc) is 3.49. The first-order valence-electron chi connectivity index (χ1n) is 10.9. The Bertz CT molecular complexity index is 1010. The summed E-state index contributed by atoms with van der Waals surface area (Å²) in [5.74, 6) is 0.281. The number of carbonyl (C=O) groups excluding carboxylic acids is 1. The zero-order valence-corrected chi connectivity index (χ0v) is 19.1. The molecule has 2 aliphatic heterocycles. The quantitative estimate of drug-likeness (QED) is 0.592. The Hall–Kier alpha value is -2.15. The maximum absolute atomic E-state index is 12.6. The van der Waals surface area contributed by atoms with Crippen molar-refractivity contribution < 1.29 is 9.53 Å². The molecular formula is C24H28ClN3O2S. The van der Waals surface area contributed by atoms with E-state index in [4.69, 9.17) is 9.72 Å². The molecule has 0 radical (unpaired) electrons. The van der Waals surface area contributed by atoms with Crippen molar-refractivity contribution >= 4 is 45.6 Å². The van der Waals surface area contributed by atoms with Crippen molar-refractivity contribution in [3.8, 4) is 11.3 Å². The maximum atomic E-state index is 12.6. The van der Waals surface area contributed by atoms with E-state index in [0.717, 1.165) is 62.2 Å². The smallest absolute Gasteiger partial charge is 0.223 e. The molecule has 31 heavy (non-hydrogen) atoms. The molecule has 3 aromatic rings. The number of anilines is 1. The minimum absolute atomic E-state index is 0. The lowest BCUT2D eigenvalue weighted by Crippen LogP contribution is -2.42. The Kier molecular flexibility index (Phi) is 7.10. The number of hydrogen-bond donors (Lipinski definition) is 1. The number of fused-ring (bicyclic) bond motifs is 1. The Balaban J connectivity index is 0.00000231. The van der Waals surface area contributed by atoms with E-state index in [2.05, 4.69) is 52.0 Å². The van der Waals surface area contributed by atoms with Crippen LogP contribution in [0.15, 0.2) is 47.8 Å². The SMILES string of the molecule is Cl.O=C(NCC1CCCO1)C1CCN(c2cc(-c3ccccc3)nc3ccsc23)CC1. The van der Waals surface area contributed by atoms with Gasteiger partial charge in [0.25, 0.3) is 0 Å². The third kappa shape index (κ3) is 4.86. The van der Waals surface area contributed by atoms with Gasteiger partial charge in [0, 0.05) is 37.7 Å². The number of pyridine rings is 1. The summed E-state index contributed by atoms with van der Waals surface area (Å²) >= 11 is 1.74. The second kappa shape index (κ2) is 9.98. The predicted octanol–water partition coefficient (Wildman–Crippen LogP) is 4.90. The summed E-state index contributed by atoms with van der Waals surface area (Å²) in [6.07, 6.45) is 4.13. The van der Waals surface area contributed by atoms with Crippen molar-refractivity contribution in [1.82, 2.24) is 10.3 Å². The van der Waals surface area contributed by atoms with Crippen LogP contribution in [0.4, 0.5) is 5.69 Å². The summed E-state index contributed by atoms with van der Waals surface area (Å²) in [6.45, 7) is 3.26. The van der Waals surface area contributed by atoms with Gasteiger partial charge in [-0.3, -0.25) is 4.79 Å². The number of amides is 1. The number of hydrogen-bond acceptors (Lipinski definition) is 5. The van der Waals surface area contributed by atoms with Gasteiger partial charge in [0.15, 0.2) is 0 Å².